The van der Waals surface area contributed by atoms with Crippen LogP contribution in [0.2, 0.25) is 0 Å². The molecule has 0 saturated heterocycles. The Labute approximate surface area is 130 Å². The number of hydrogen-bond donors (Lipinski definition) is 0. The molecule has 21 heavy (non-hydrogen) atoms. The van der Waals surface area contributed by atoms with Gasteiger partial charge in [-0.15, -0.1) is 0 Å². The number of rotatable bonds is 4. The summed E-state index contributed by atoms with van der Waals surface area (Å²) in [6, 6.07) is 14.3. The smallest absolute Gasteiger partial charge is 0.283 e. The van der Waals surface area contributed by atoms with Gasteiger partial charge < -0.3 is 4.90 Å². The molecule has 0 aliphatic heterocycles. The first-order valence-electron chi connectivity index (χ1n) is 6.16. The zero-order valence-electron chi connectivity index (χ0n) is 11.3. The van der Waals surface area contributed by atoms with Crippen LogP contribution in [0.4, 0.5) is 11.4 Å². The normalized spacial score (nSPS) is 9.95. The largest absolute Gasteiger partial charge is 0.369 e. The molecule has 0 aromatic heterocycles. The van der Waals surface area contributed by atoms with Crippen LogP contribution < -0.4 is 4.90 Å². The van der Waals surface area contributed by atoms with Gasteiger partial charge in [0.25, 0.3) is 5.69 Å². The maximum atomic E-state index is 10.9. The molecule has 0 aliphatic rings. The summed E-state index contributed by atoms with van der Waals surface area (Å²) < 4.78 is 0.469. The fourth-order valence-corrected chi connectivity index (χ4v) is 2.61. The van der Waals surface area contributed by atoms with E-state index in [1.54, 1.807) is 18.2 Å². The van der Waals surface area contributed by atoms with Gasteiger partial charge in [-0.1, -0.05) is 24.3 Å². The highest BCUT2D eigenvalue weighted by molar-refractivity contribution is 9.10. The van der Waals surface area contributed by atoms with E-state index in [0.29, 0.717) is 16.6 Å². The van der Waals surface area contributed by atoms with Gasteiger partial charge >= 0.3 is 0 Å². The Balaban J connectivity index is 2.32. The predicted molar refractivity (Wildman–Crippen MR) is 84.1 cm³/mol. The molecule has 0 bridgehead atoms. The van der Waals surface area contributed by atoms with Crippen molar-refractivity contribution in [3.8, 4) is 6.07 Å². The van der Waals surface area contributed by atoms with Crippen LogP contribution >= 0.6 is 15.9 Å². The minimum absolute atomic E-state index is 0.0365. The van der Waals surface area contributed by atoms with Crippen LogP contribution in [0, 0.1) is 21.4 Å². The molecule has 0 fully saturated rings. The maximum Gasteiger partial charge on any atom is 0.283 e. The second-order valence-electron chi connectivity index (χ2n) is 4.49. The van der Waals surface area contributed by atoms with Crippen LogP contribution in [0.25, 0.3) is 0 Å². The molecule has 0 aliphatic carbocycles. The van der Waals surface area contributed by atoms with Crippen molar-refractivity contribution in [2.24, 2.45) is 0 Å². The minimum atomic E-state index is -0.420. The summed E-state index contributed by atoms with van der Waals surface area (Å²) >= 11 is 3.29. The van der Waals surface area contributed by atoms with E-state index < -0.39 is 4.92 Å². The van der Waals surface area contributed by atoms with Crippen molar-refractivity contribution in [1.82, 2.24) is 0 Å². The molecule has 0 spiro atoms. The van der Waals surface area contributed by atoms with Crippen molar-refractivity contribution in [1.29, 1.82) is 5.26 Å². The van der Waals surface area contributed by atoms with E-state index >= 15 is 0 Å². The molecular weight excluding hydrogens is 334 g/mol. The Morgan fingerprint density at radius 2 is 2.00 bits per heavy atom. The van der Waals surface area contributed by atoms with Crippen LogP contribution in [-0.4, -0.2) is 12.0 Å². The van der Waals surface area contributed by atoms with Crippen LogP contribution in [0.15, 0.2) is 46.9 Å². The summed E-state index contributed by atoms with van der Waals surface area (Å²) in [5.41, 5.74) is 2.19. The number of nitriles is 1. The maximum absolute atomic E-state index is 10.9. The lowest BCUT2D eigenvalue weighted by Gasteiger charge is -2.21. The quantitative estimate of drug-likeness (QED) is 0.623. The first kappa shape index (κ1) is 15.0. The van der Waals surface area contributed by atoms with Crippen LogP contribution in [-0.2, 0) is 6.54 Å². The summed E-state index contributed by atoms with van der Waals surface area (Å²) in [5.74, 6) is 0. The minimum Gasteiger partial charge on any atom is -0.369 e. The Bertz CT molecular complexity index is 725. The Kier molecular flexibility index (Phi) is 4.55. The molecule has 6 heteroatoms. The number of anilines is 1. The number of nitro groups is 1. The fraction of sp³-hybridized carbons (Fsp3) is 0.133. The molecule has 106 valence electrons. The van der Waals surface area contributed by atoms with Crippen LogP contribution in [0.1, 0.15) is 11.1 Å². The van der Waals surface area contributed by atoms with Gasteiger partial charge in [0.1, 0.15) is 10.5 Å². The van der Waals surface area contributed by atoms with Crippen molar-refractivity contribution in [2.75, 3.05) is 11.9 Å². The van der Waals surface area contributed by atoms with E-state index in [9.17, 15) is 10.1 Å². The molecule has 0 atom stereocenters. The molecule has 5 nitrogen and oxygen atoms in total. The standard InChI is InChI=1S/C15H12BrN3O2/c1-18(13-7-3-2-5-11(13)9-17)10-12-6-4-8-14(15(12)16)19(20)21/h2-8H,10H2,1H3. The number of para-hydroxylation sites is 1. The van der Waals surface area contributed by atoms with Crippen molar-refractivity contribution in [3.05, 3.63) is 68.2 Å². The van der Waals surface area contributed by atoms with E-state index in [0.717, 1.165) is 11.3 Å². The number of halogens is 1. The van der Waals surface area contributed by atoms with Crippen molar-refractivity contribution in [3.63, 3.8) is 0 Å². The molecule has 2 rings (SSSR count). The number of hydrogen-bond acceptors (Lipinski definition) is 4. The van der Waals surface area contributed by atoms with Gasteiger partial charge in [-0.25, -0.2) is 0 Å². The second kappa shape index (κ2) is 6.37. The second-order valence-corrected chi connectivity index (χ2v) is 5.29. The molecule has 2 aromatic rings. The van der Waals surface area contributed by atoms with Gasteiger partial charge in [-0.05, 0) is 33.6 Å². The average Bonchev–Trinajstić information content (AvgIpc) is 2.48. The summed E-state index contributed by atoms with van der Waals surface area (Å²) in [6.45, 7) is 0.459. The van der Waals surface area contributed by atoms with Crippen LogP contribution in [0.5, 0.6) is 0 Å². The van der Waals surface area contributed by atoms with Crippen LogP contribution in [0.3, 0.4) is 0 Å². The lowest BCUT2D eigenvalue weighted by atomic mass is 10.1. The highest BCUT2D eigenvalue weighted by atomic mass is 79.9. The number of nitrogens with zero attached hydrogens (tertiary/aromatic N) is 3. The molecule has 0 unspecified atom stereocenters. The third kappa shape index (κ3) is 3.20. The van der Waals surface area contributed by atoms with Gasteiger partial charge in [0.2, 0.25) is 0 Å². The number of benzene rings is 2. The van der Waals surface area contributed by atoms with Gasteiger partial charge in [-0.3, -0.25) is 10.1 Å². The molecule has 0 N–H and O–H groups in total. The SMILES string of the molecule is CN(Cc1cccc([N+](=O)[O-])c1Br)c1ccccc1C#N. The van der Waals surface area contributed by atoms with E-state index in [1.807, 2.05) is 30.1 Å². The van der Waals surface area contributed by atoms with E-state index in [1.165, 1.54) is 6.07 Å². The topological polar surface area (TPSA) is 70.2 Å². The average molecular weight is 346 g/mol. The molecule has 0 amide bonds. The lowest BCUT2D eigenvalue weighted by molar-refractivity contribution is -0.385. The van der Waals surface area contributed by atoms with Gasteiger partial charge in [-0.2, -0.15) is 5.26 Å². The molecular formula is C15H12BrN3O2. The first-order valence-corrected chi connectivity index (χ1v) is 6.96. The molecule has 0 heterocycles. The third-order valence-electron chi connectivity index (χ3n) is 3.10. The monoisotopic (exact) mass is 345 g/mol. The highest BCUT2D eigenvalue weighted by Crippen LogP contribution is 2.30. The molecule has 2 aromatic carbocycles. The molecule has 0 radical (unpaired) electrons. The van der Waals surface area contributed by atoms with E-state index in [4.69, 9.17) is 5.26 Å². The predicted octanol–water partition coefficient (Wildman–Crippen LogP) is 3.87. The van der Waals surface area contributed by atoms with Crippen molar-refractivity contribution in [2.45, 2.75) is 6.54 Å². The Morgan fingerprint density at radius 1 is 1.29 bits per heavy atom. The zero-order chi connectivity index (χ0) is 15.4. The van der Waals surface area contributed by atoms with E-state index in [2.05, 4.69) is 22.0 Å². The lowest BCUT2D eigenvalue weighted by Crippen LogP contribution is -2.18. The fourth-order valence-electron chi connectivity index (χ4n) is 2.07. The zero-order valence-corrected chi connectivity index (χ0v) is 12.9. The summed E-state index contributed by atoms with van der Waals surface area (Å²) in [6.07, 6.45) is 0. The number of nitro benzene ring substituents is 1. The summed E-state index contributed by atoms with van der Waals surface area (Å²) in [7, 11) is 1.85. The summed E-state index contributed by atoms with van der Waals surface area (Å²) in [4.78, 5) is 12.4. The van der Waals surface area contributed by atoms with Crippen molar-refractivity contribution < 1.29 is 4.92 Å². The highest BCUT2D eigenvalue weighted by Gasteiger charge is 2.16. The van der Waals surface area contributed by atoms with Gasteiger partial charge in [0, 0.05) is 19.7 Å². The Morgan fingerprint density at radius 3 is 2.67 bits per heavy atom. The Hall–Kier alpha value is -2.39. The van der Waals surface area contributed by atoms with Gasteiger partial charge in [0.15, 0.2) is 0 Å². The van der Waals surface area contributed by atoms with Crippen molar-refractivity contribution >= 4 is 27.3 Å². The first-order chi connectivity index (χ1) is 10.0. The third-order valence-corrected chi connectivity index (χ3v) is 4.01. The molecule has 0 saturated carbocycles. The van der Waals surface area contributed by atoms with E-state index in [-0.39, 0.29) is 5.69 Å². The van der Waals surface area contributed by atoms with Gasteiger partial charge in [0.05, 0.1) is 16.2 Å². The summed E-state index contributed by atoms with van der Waals surface area (Å²) in [5, 5.41) is 20.1.